The highest BCUT2D eigenvalue weighted by Crippen LogP contribution is 2.17. The first kappa shape index (κ1) is 31.5. The summed E-state index contributed by atoms with van der Waals surface area (Å²) in [6.45, 7) is 6.55. The lowest BCUT2D eigenvalue weighted by molar-refractivity contribution is -0.146. The van der Waals surface area contributed by atoms with E-state index in [1.807, 2.05) is 0 Å². The second kappa shape index (κ2) is 20.7. The van der Waals surface area contributed by atoms with Crippen LogP contribution in [-0.2, 0) is 38.0 Å². The van der Waals surface area contributed by atoms with Crippen molar-refractivity contribution >= 4 is 11.9 Å². The summed E-state index contributed by atoms with van der Waals surface area (Å²) in [5.74, 6) is -0.624. The van der Waals surface area contributed by atoms with Gasteiger partial charge in [-0.2, -0.15) is 0 Å². The average Bonchev–Trinajstić information content (AvgIpc) is 2.85. The number of carbonyl (C=O) groups is 2. The molecule has 0 radical (unpaired) electrons. The smallest absolute Gasteiger partial charge is 0.329 e. The molecule has 12 nitrogen and oxygen atoms in total. The maximum absolute atomic E-state index is 10.4. The third-order valence-electron chi connectivity index (χ3n) is 4.25. The van der Waals surface area contributed by atoms with Crippen LogP contribution >= 0.6 is 0 Å². The number of carboxylic acid groups (broad SMARTS) is 2. The van der Waals surface area contributed by atoms with Crippen LogP contribution in [0.4, 0.5) is 0 Å². The van der Waals surface area contributed by atoms with Crippen LogP contribution in [0.2, 0.25) is 0 Å². The Hall–Kier alpha value is -2.48. The first-order valence-corrected chi connectivity index (χ1v) is 11.7. The summed E-state index contributed by atoms with van der Waals surface area (Å²) in [7, 11) is 0. The van der Waals surface area contributed by atoms with Crippen LogP contribution in [0.25, 0.3) is 0 Å². The van der Waals surface area contributed by atoms with Crippen molar-refractivity contribution in [2.45, 2.75) is 26.1 Å². The van der Waals surface area contributed by atoms with E-state index in [0.717, 1.165) is 0 Å². The normalized spacial score (nSPS) is 12.7. The average molecular weight is 519 g/mol. The molecule has 0 saturated carbocycles. The van der Waals surface area contributed by atoms with E-state index in [4.69, 9.17) is 48.1 Å². The Kier molecular flexibility index (Phi) is 18.1. The van der Waals surface area contributed by atoms with Crippen molar-refractivity contribution in [3.63, 3.8) is 0 Å². The van der Waals surface area contributed by atoms with Gasteiger partial charge in [0.25, 0.3) is 0 Å². The van der Waals surface area contributed by atoms with Gasteiger partial charge in [-0.3, -0.25) is 0 Å². The minimum absolute atomic E-state index is 0.294. The zero-order valence-corrected chi connectivity index (χ0v) is 20.9. The molecule has 0 spiro atoms. The van der Waals surface area contributed by atoms with E-state index >= 15 is 0 Å². The summed E-state index contributed by atoms with van der Waals surface area (Å²) in [5, 5.41) is 17.1. The topological polar surface area (TPSA) is 148 Å². The molecule has 0 heterocycles. The van der Waals surface area contributed by atoms with Gasteiger partial charge in [0.1, 0.15) is 37.9 Å². The summed E-state index contributed by atoms with van der Waals surface area (Å²) in [6.07, 6.45) is -0.588. The number of ether oxygens (including phenoxy) is 8. The van der Waals surface area contributed by atoms with Crippen molar-refractivity contribution in [3.8, 4) is 11.5 Å². The minimum atomic E-state index is -1.01. The van der Waals surface area contributed by atoms with Gasteiger partial charge in [-0.25, -0.2) is 9.59 Å². The molecule has 0 unspecified atom stereocenters. The fourth-order valence-electron chi connectivity index (χ4n) is 2.53. The van der Waals surface area contributed by atoms with E-state index in [0.29, 0.717) is 77.6 Å². The highest BCUT2D eigenvalue weighted by atomic mass is 16.6. The van der Waals surface area contributed by atoms with Crippen LogP contribution in [-0.4, -0.2) is 114 Å². The third-order valence-corrected chi connectivity index (χ3v) is 4.25. The number of hydrogen-bond acceptors (Lipinski definition) is 10. The van der Waals surface area contributed by atoms with Crippen molar-refractivity contribution < 1.29 is 57.7 Å². The van der Waals surface area contributed by atoms with Gasteiger partial charge in [0, 0.05) is 0 Å². The molecule has 0 aliphatic rings. The molecule has 0 amide bonds. The quantitative estimate of drug-likeness (QED) is 0.191. The van der Waals surface area contributed by atoms with Gasteiger partial charge < -0.3 is 48.1 Å². The summed E-state index contributed by atoms with van der Waals surface area (Å²) in [6, 6.07) is 7.22. The molecule has 1 rings (SSSR count). The molecule has 206 valence electrons. The summed E-state index contributed by atoms with van der Waals surface area (Å²) < 4.78 is 42.9. The van der Waals surface area contributed by atoms with Crippen molar-refractivity contribution in [1.82, 2.24) is 0 Å². The maximum Gasteiger partial charge on any atom is 0.329 e. The number of aliphatic carboxylic acids is 2. The Morgan fingerprint density at radius 3 is 1.31 bits per heavy atom. The van der Waals surface area contributed by atoms with Crippen LogP contribution in [0.15, 0.2) is 24.3 Å². The number of hydrogen-bond donors (Lipinski definition) is 2. The molecule has 2 N–H and O–H groups in total. The standard InChI is InChI=1S/C24H38O12/c1-19(35-17-23(25)26)15-31-9-7-29-11-13-33-21-3-5-22(6-4-21)34-14-12-30-8-10-32-16-20(2)36-18-24(27)28/h3-6,19-20H,7-18H2,1-2H3,(H,25,26)(H,27,28)/t19-,20-/m1/s1. The maximum atomic E-state index is 10.4. The molecule has 0 bridgehead atoms. The Balaban J connectivity index is 1.95. The van der Waals surface area contributed by atoms with Crippen molar-refractivity contribution in [2.75, 3.05) is 79.3 Å². The second-order valence-electron chi connectivity index (χ2n) is 7.57. The van der Waals surface area contributed by atoms with Gasteiger partial charge >= 0.3 is 11.9 Å². The Labute approximate surface area is 211 Å². The van der Waals surface area contributed by atoms with Crippen LogP contribution in [0.3, 0.4) is 0 Å². The van der Waals surface area contributed by atoms with Gasteiger partial charge in [-0.15, -0.1) is 0 Å². The largest absolute Gasteiger partial charge is 0.491 e. The Morgan fingerprint density at radius 2 is 0.944 bits per heavy atom. The van der Waals surface area contributed by atoms with Gasteiger partial charge in [0.05, 0.1) is 65.1 Å². The second-order valence-corrected chi connectivity index (χ2v) is 7.57. The number of benzene rings is 1. The van der Waals surface area contributed by atoms with Crippen molar-refractivity contribution in [2.24, 2.45) is 0 Å². The van der Waals surface area contributed by atoms with Crippen molar-refractivity contribution in [1.29, 1.82) is 0 Å². The highest BCUT2D eigenvalue weighted by Gasteiger charge is 2.06. The molecule has 0 aliphatic heterocycles. The van der Waals surface area contributed by atoms with Gasteiger partial charge in [0.2, 0.25) is 0 Å². The molecular weight excluding hydrogens is 480 g/mol. The SMILES string of the molecule is C[C@H](COCCOCCOc1ccc(OCCOCCOC[C@@H](C)OCC(=O)O)cc1)OCC(=O)O. The lowest BCUT2D eigenvalue weighted by atomic mass is 10.3. The third kappa shape index (κ3) is 18.8. The van der Waals surface area contributed by atoms with Crippen LogP contribution < -0.4 is 9.47 Å². The summed E-state index contributed by atoms with van der Waals surface area (Å²) in [5.41, 5.74) is 0. The molecule has 0 aliphatic carbocycles. The fraction of sp³-hybridized carbons (Fsp3) is 0.667. The predicted octanol–water partition coefficient (Wildman–Crippen LogP) is 1.49. The molecule has 1 aromatic rings. The monoisotopic (exact) mass is 518 g/mol. The van der Waals surface area contributed by atoms with Crippen molar-refractivity contribution in [3.05, 3.63) is 24.3 Å². The highest BCUT2D eigenvalue weighted by molar-refractivity contribution is 5.68. The van der Waals surface area contributed by atoms with Crippen LogP contribution in [0.1, 0.15) is 13.8 Å². The Morgan fingerprint density at radius 1 is 0.611 bits per heavy atom. The summed E-state index contributed by atoms with van der Waals surface area (Å²) in [4.78, 5) is 20.8. The zero-order chi connectivity index (χ0) is 26.4. The first-order valence-electron chi connectivity index (χ1n) is 11.7. The van der Waals surface area contributed by atoms with Gasteiger partial charge in [0.15, 0.2) is 0 Å². The molecule has 0 aromatic heterocycles. The van der Waals surface area contributed by atoms with Crippen LogP contribution in [0.5, 0.6) is 11.5 Å². The number of carboxylic acids is 2. The zero-order valence-electron chi connectivity index (χ0n) is 20.9. The van der Waals surface area contributed by atoms with Crippen LogP contribution in [0, 0.1) is 0 Å². The molecule has 12 heteroatoms. The lowest BCUT2D eigenvalue weighted by Gasteiger charge is -2.12. The molecule has 0 saturated heterocycles. The molecule has 36 heavy (non-hydrogen) atoms. The minimum Gasteiger partial charge on any atom is -0.491 e. The Bertz CT molecular complexity index is 638. The first-order chi connectivity index (χ1) is 17.4. The van der Waals surface area contributed by atoms with E-state index in [1.165, 1.54) is 0 Å². The van der Waals surface area contributed by atoms with E-state index < -0.39 is 11.9 Å². The molecular formula is C24H38O12. The molecule has 1 aromatic carbocycles. The van der Waals surface area contributed by atoms with E-state index in [1.54, 1.807) is 38.1 Å². The fourth-order valence-corrected chi connectivity index (χ4v) is 2.53. The van der Waals surface area contributed by atoms with E-state index in [-0.39, 0.29) is 25.4 Å². The molecule has 2 atom stereocenters. The molecule has 0 fully saturated rings. The number of rotatable bonds is 24. The van der Waals surface area contributed by atoms with E-state index in [9.17, 15) is 9.59 Å². The predicted molar refractivity (Wildman–Crippen MR) is 127 cm³/mol. The summed E-state index contributed by atoms with van der Waals surface area (Å²) >= 11 is 0. The lowest BCUT2D eigenvalue weighted by Crippen LogP contribution is -2.21. The van der Waals surface area contributed by atoms with E-state index in [2.05, 4.69) is 0 Å². The van der Waals surface area contributed by atoms with Gasteiger partial charge in [-0.1, -0.05) is 0 Å². The van der Waals surface area contributed by atoms with Gasteiger partial charge in [-0.05, 0) is 38.1 Å².